The van der Waals surface area contributed by atoms with Crippen molar-refractivity contribution in [3.05, 3.63) is 29.4 Å². The Balaban J connectivity index is 2.45. The first kappa shape index (κ1) is 7.36. The average Bonchev–Trinajstić information content (AvgIpc) is 2.54. The molecule has 12 heavy (non-hydrogen) atoms. The molecule has 0 aromatic carbocycles. The molecule has 0 N–H and O–H groups in total. The Morgan fingerprint density at radius 1 is 1.25 bits per heavy atom. The van der Waals surface area contributed by atoms with Gasteiger partial charge in [0, 0.05) is 6.20 Å². The SMILES string of the molecule is Cc1nnc(-c2ccccn2)s1. The Morgan fingerprint density at radius 3 is 2.75 bits per heavy atom. The van der Waals surface area contributed by atoms with Crippen LogP contribution in [-0.2, 0) is 0 Å². The second-order valence-electron chi connectivity index (χ2n) is 2.34. The van der Waals surface area contributed by atoms with Crippen molar-refractivity contribution in [2.75, 3.05) is 0 Å². The summed E-state index contributed by atoms with van der Waals surface area (Å²) in [7, 11) is 0. The van der Waals surface area contributed by atoms with Gasteiger partial charge in [-0.3, -0.25) is 4.98 Å². The molecular formula is C8H7N3S. The van der Waals surface area contributed by atoms with Gasteiger partial charge in [-0.15, -0.1) is 10.2 Å². The summed E-state index contributed by atoms with van der Waals surface area (Å²) in [6.07, 6.45) is 1.76. The average molecular weight is 177 g/mol. The van der Waals surface area contributed by atoms with Crippen LogP contribution < -0.4 is 0 Å². The van der Waals surface area contributed by atoms with Gasteiger partial charge in [0.25, 0.3) is 0 Å². The molecule has 0 aliphatic rings. The van der Waals surface area contributed by atoms with E-state index in [1.54, 1.807) is 17.5 Å². The number of aryl methyl sites for hydroxylation is 1. The maximum absolute atomic E-state index is 4.17. The van der Waals surface area contributed by atoms with E-state index < -0.39 is 0 Å². The number of aromatic nitrogens is 3. The molecule has 0 saturated carbocycles. The van der Waals surface area contributed by atoms with Gasteiger partial charge in [0.15, 0.2) is 5.01 Å². The van der Waals surface area contributed by atoms with Crippen LogP contribution in [0.3, 0.4) is 0 Å². The van der Waals surface area contributed by atoms with Gasteiger partial charge in [0.2, 0.25) is 0 Å². The number of hydrogen-bond acceptors (Lipinski definition) is 4. The lowest BCUT2D eigenvalue weighted by Gasteiger charge is -1.89. The Bertz CT molecular complexity index is 369. The van der Waals surface area contributed by atoms with Gasteiger partial charge in [-0.05, 0) is 19.1 Å². The first-order valence-corrected chi connectivity index (χ1v) is 4.39. The Morgan fingerprint density at radius 2 is 2.17 bits per heavy atom. The maximum Gasteiger partial charge on any atom is 0.166 e. The standard InChI is InChI=1S/C8H7N3S/c1-6-10-11-8(12-6)7-4-2-3-5-9-7/h2-5H,1H3. The predicted octanol–water partition coefficient (Wildman–Crippen LogP) is 1.91. The molecular weight excluding hydrogens is 170 g/mol. The van der Waals surface area contributed by atoms with Crippen molar-refractivity contribution in [2.45, 2.75) is 6.92 Å². The highest BCUT2D eigenvalue weighted by Gasteiger charge is 2.02. The molecule has 3 nitrogen and oxygen atoms in total. The van der Waals surface area contributed by atoms with Crippen molar-refractivity contribution in [1.82, 2.24) is 15.2 Å². The lowest BCUT2D eigenvalue weighted by molar-refractivity contribution is 1.05. The van der Waals surface area contributed by atoms with Crippen LogP contribution >= 0.6 is 11.3 Å². The van der Waals surface area contributed by atoms with E-state index in [0.717, 1.165) is 15.7 Å². The molecule has 0 atom stereocenters. The highest BCUT2D eigenvalue weighted by atomic mass is 32.1. The fourth-order valence-corrected chi connectivity index (χ4v) is 1.56. The fraction of sp³-hybridized carbons (Fsp3) is 0.125. The third kappa shape index (κ3) is 1.33. The van der Waals surface area contributed by atoms with Crippen molar-refractivity contribution in [2.24, 2.45) is 0 Å². The van der Waals surface area contributed by atoms with Crippen molar-refractivity contribution < 1.29 is 0 Å². The smallest absolute Gasteiger partial charge is 0.166 e. The number of hydrogen-bond donors (Lipinski definition) is 0. The quantitative estimate of drug-likeness (QED) is 0.667. The maximum atomic E-state index is 4.17. The van der Waals surface area contributed by atoms with Crippen LogP contribution in [-0.4, -0.2) is 15.2 Å². The van der Waals surface area contributed by atoms with Gasteiger partial charge >= 0.3 is 0 Å². The van der Waals surface area contributed by atoms with Crippen LogP contribution in [0.4, 0.5) is 0 Å². The normalized spacial score (nSPS) is 10.1. The number of rotatable bonds is 1. The van der Waals surface area contributed by atoms with E-state index in [2.05, 4.69) is 15.2 Å². The van der Waals surface area contributed by atoms with Gasteiger partial charge in [-0.2, -0.15) is 0 Å². The fourth-order valence-electron chi connectivity index (χ4n) is 0.889. The predicted molar refractivity (Wildman–Crippen MR) is 47.9 cm³/mol. The van der Waals surface area contributed by atoms with E-state index in [-0.39, 0.29) is 0 Å². The third-order valence-corrected chi connectivity index (χ3v) is 2.27. The molecule has 0 bridgehead atoms. The van der Waals surface area contributed by atoms with Crippen LogP contribution in [0.15, 0.2) is 24.4 Å². The zero-order chi connectivity index (χ0) is 8.39. The summed E-state index contributed by atoms with van der Waals surface area (Å²) >= 11 is 1.56. The topological polar surface area (TPSA) is 38.7 Å². The molecule has 0 amide bonds. The Kier molecular flexibility index (Phi) is 1.83. The van der Waals surface area contributed by atoms with Gasteiger partial charge in [0.1, 0.15) is 10.7 Å². The monoisotopic (exact) mass is 177 g/mol. The minimum absolute atomic E-state index is 0.883. The van der Waals surface area contributed by atoms with Gasteiger partial charge in [-0.25, -0.2) is 0 Å². The molecule has 0 saturated heterocycles. The number of nitrogens with zero attached hydrogens (tertiary/aromatic N) is 3. The molecule has 0 aliphatic carbocycles. The Hall–Kier alpha value is -1.29. The summed E-state index contributed by atoms with van der Waals surface area (Å²) in [6, 6.07) is 5.76. The first-order valence-electron chi connectivity index (χ1n) is 3.58. The molecule has 60 valence electrons. The van der Waals surface area contributed by atoms with E-state index in [1.807, 2.05) is 25.1 Å². The molecule has 2 aromatic heterocycles. The molecule has 0 fully saturated rings. The summed E-state index contributed by atoms with van der Waals surface area (Å²) in [5, 5.41) is 9.76. The molecule has 0 spiro atoms. The largest absolute Gasteiger partial charge is 0.254 e. The lowest BCUT2D eigenvalue weighted by Crippen LogP contribution is -1.79. The van der Waals surface area contributed by atoms with Crippen molar-refractivity contribution in [3.63, 3.8) is 0 Å². The first-order chi connectivity index (χ1) is 5.86. The minimum atomic E-state index is 0.883. The van der Waals surface area contributed by atoms with Crippen LogP contribution in [0.5, 0.6) is 0 Å². The summed E-state index contributed by atoms with van der Waals surface area (Å²) < 4.78 is 0. The van der Waals surface area contributed by atoms with E-state index in [1.165, 1.54) is 0 Å². The molecule has 2 rings (SSSR count). The van der Waals surface area contributed by atoms with E-state index in [4.69, 9.17) is 0 Å². The van der Waals surface area contributed by atoms with Crippen LogP contribution in [0.2, 0.25) is 0 Å². The van der Waals surface area contributed by atoms with Gasteiger partial charge in [-0.1, -0.05) is 17.4 Å². The lowest BCUT2D eigenvalue weighted by atomic mass is 10.4. The molecule has 2 aromatic rings. The van der Waals surface area contributed by atoms with Crippen molar-refractivity contribution in [3.8, 4) is 10.7 Å². The van der Waals surface area contributed by atoms with E-state index in [0.29, 0.717) is 0 Å². The van der Waals surface area contributed by atoms with E-state index in [9.17, 15) is 0 Å². The third-order valence-electron chi connectivity index (χ3n) is 1.41. The van der Waals surface area contributed by atoms with E-state index >= 15 is 0 Å². The van der Waals surface area contributed by atoms with Crippen LogP contribution in [0.1, 0.15) is 5.01 Å². The summed E-state index contributed by atoms with van der Waals surface area (Å²) in [4.78, 5) is 4.17. The molecule has 4 heteroatoms. The number of pyridine rings is 1. The van der Waals surface area contributed by atoms with Crippen molar-refractivity contribution >= 4 is 11.3 Å². The zero-order valence-electron chi connectivity index (χ0n) is 6.56. The highest BCUT2D eigenvalue weighted by molar-refractivity contribution is 7.14. The second-order valence-corrected chi connectivity index (χ2v) is 3.52. The van der Waals surface area contributed by atoms with Gasteiger partial charge < -0.3 is 0 Å². The summed E-state index contributed by atoms with van der Waals surface area (Å²) in [5.74, 6) is 0. The molecule has 0 unspecified atom stereocenters. The minimum Gasteiger partial charge on any atom is -0.254 e. The van der Waals surface area contributed by atoms with Crippen LogP contribution in [0.25, 0.3) is 10.7 Å². The summed E-state index contributed by atoms with van der Waals surface area (Å²) in [5.41, 5.74) is 0.892. The zero-order valence-corrected chi connectivity index (χ0v) is 7.38. The second kappa shape index (κ2) is 2.98. The van der Waals surface area contributed by atoms with Crippen LogP contribution in [0, 0.1) is 6.92 Å². The summed E-state index contributed by atoms with van der Waals surface area (Å²) in [6.45, 7) is 1.93. The van der Waals surface area contributed by atoms with Crippen molar-refractivity contribution in [1.29, 1.82) is 0 Å². The molecule has 2 heterocycles. The highest BCUT2D eigenvalue weighted by Crippen LogP contribution is 2.19. The Labute approximate surface area is 74.1 Å². The molecule has 0 radical (unpaired) electrons. The van der Waals surface area contributed by atoms with Gasteiger partial charge in [0.05, 0.1) is 0 Å². The molecule has 0 aliphatic heterocycles.